The lowest BCUT2D eigenvalue weighted by atomic mass is 10.0. The van der Waals surface area contributed by atoms with Gasteiger partial charge in [-0.3, -0.25) is 19.8 Å². The topological polar surface area (TPSA) is 164 Å². The molecule has 0 saturated heterocycles. The van der Waals surface area contributed by atoms with Gasteiger partial charge in [-0.25, -0.2) is 14.6 Å². The molecule has 0 spiro atoms. The molecule has 0 heterocycles. The van der Waals surface area contributed by atoms with Crippen LogP contribution >= 0.6 is 0 Å². The number of benzene rings is 2. The summed E-state index contributed by atoms with van der Waals surface area (Å²) in [5, 5.41) is 9.52. The second-order valence-electron chi connectivity index (χ2n) is 12.9. The number of hydrogen-bond acceptors (Lipinski definition) is 9. The van der Waals surface area contributed by atoms with Crippen LogP contribution in [0.5, 0.6) is 0 Å². The number of amides is 4. The van der Waals surface area contributed by atoms with Gasteiger partial charge in [0.05, 0.1) is 0 Å². The van der Waals surface area contributed by atoms with Crippen molar-refractivity contribution in [2.24, 2.45) is 5.92 Å². The van der Waals surface area contributed by atoms with E-state index in [-0.39, 0.29) is 38.6 Å². The molecule has 0 aliphatic heterocycles. The third-order valence-corrected chi connectivity index (χ3v) is 6.63. The Morgan fingerprint density at radius 3 is 1.96 bits per heavy atom. The molecule has 2 aromatic rings. The van der Waals surface area contributed by atoms with E-state index in [9.17, 15) is 24.0 Å². The van der Waals surface area contributed by atoms with Crippen molar-refractivity contribution in [3.05, 3.63) is 71.8 Å². The monoisotopic (exact) mass is 669 g/mol. The molecular weight excluding hydrogens is 618 g/mol. The summed E-state index contributed by atoms with van der Waals surface area (Å²) in [4.78, 5) is 63.4. The number of esters is 1. The van der Waals surface area contributed by atoms with E-state index in [2.05, 4.69) is 21.4 Å². The molecule has 13 nitrogen and oxygen atoms in total. The van der Waals surface area contributed by atoms with Crippen molar-refractivity contribution in [3.8, 4) is 0 Å². The lowest BCUT2D eigenvalue weighted by molar-refractivity contribution is -0.147. The summed E-state index contributed by atoms with van der Waals surface area (Å²) in [5.41, 5.74) is 3.58. The zero-order chi connectivity index (χ0) is 35.5. The van der Waals surface area contributed by atoms with E-state index in [1.807, 2.05) is 74.5 Å². The second-order valence-corrected chi connectivity index (χ2v) is 12.9. The van der Waals surface area contributed by atoms with Crippen LogP contribution < -0.4 is 21.4 Å². The SMILES string of the molecule is CC(C)C[C@H](NC(=O)OC(C)(C)C)C(=O)N[C@@H](CCCNC(=O)OCc1ccccc1)CC(=O)NN(C)CC(=O)OCc1ccccc1. The minimum Gasteiger partial charge on any atom is -0.460 e. The second kappa shape index (κ2) is 20.6. The van der Waals surface area contributed by atoms with Crippen LogP contribution in [0.25, 0.3) is 0 Å². The quantitative estimate of drug-likeness (QED) is 0.0788. The van der Waals surface area contributed by atoms with Gasteiger partial charge in [-0.15, -0.1) is 0 Å². The Hall–Kier alpha value is -4.65. The summed E-state index contributed by atoms with van der Waals surface area (Å²) in [6, 6.07) is 16.9. The molecule has 2 aromatic carbocycles. The first kappa shape index (κ1) is 39.5. The molecule has 0 aliphatic rings. The first-order valence-electron chi connectivity index (χ1n) is 16.1. The zero-order valence-corrected chi connectivity index (χ0v) is 28.9. The number of rotatable bonds is 18. The van der Waals surface area contributed by atoms with E-state index in [1.54, 1.807) is 20.8 Å². The molecule has 2 atom stereocenters. The molecule has 264 valence electrons. The smallest absolute Gasteiger partial charge is 0.408 e. The van der Waals surface area contributed by atoms with Gasteiger partial charge in [0.15, 0.2) is 0 Å². The molecule has 48 heavy (non-hydrogen) atoms. The highest BCUT2D eigenvalue weighted by Gasteiger charge is 2.28. The van der Waals surface area contributed by atoms with Gasteiger partial charge in [0.25, 0.3) is 0 Å². The first-order chi connectivity index (χ1) is 22.7. The van der Waals surface area contributed by atoms with Crippen LogP contribution in [-0.2, 0) is 41.8 Å². The number of ether oxygens (including phenoxy) is 3. The molecule has 0 unspecified atom stereocenters. The van der Waals surface area contributed by atoms with E-state index in [0.717, 1.165) is 11.1 Å². The summed E-state index contributed by atoms with van der Waals surface area (Å²) < 4.78 is 15.9. The van der Waals surface area contributed by atoms with Gasteiger partial charge in [-0.05, 0) is 57.1 Å². The Morgan fingerprint density at radius 1 is 0.812 bits per heavy atom. The van der Waals surface area contributed by atoms with Crippen molar-refractivity contribution in [2.75, 3.05) is 20.1 Å². The van der Waals surface area contributed by atoms with Crippen molar-refractivity contribution in [1.82, 2.24) is 26.4 Å². The Kier molecular flexibility index (Phi) is 16.9. The van der Waals surface area contributed by atoms with Crippen molar-refractivity contribution >= 4 is 30.0 Å². The fourth-order valence-electron chi connectivity index (χ4n) is 4.49. The summed E-state index contributed by atoms with van der Waals surface area (Å²) >= 11 is 0. The number of hydrogen-bond donors (Lipinski definition) is 4. The highest BCUT2D eigenvalue weighted by molar-refractivity contribution is 5.86. The number of nitrogens with one attached hydrogen (secondary N) is 4. The van der Waals surface area contributed by atoms with Crippen LogP contribution in [0.15, 0.2) is 60.7 Å². The van der Waals surface area contributed by atoms with Crippen molar-refractivity contribution in [1.29, 1.82) is 0 Å². The van der Waals surface area contributed by atoms with Crippen LogP contribution in [0, 0.1) is 5.92 Å². The van der Waals surface area contributed by atoms with Crippen LogP contribution in [0.3, 0.4) is 0 Å². The zero-order valence-electron chi connectivity index (χ0n) is 28.9. The average molecular weight is 670 g/mol. The summed E-state index contributed by atoms with van der Waals surface area (Å²) in [6.07, 6.45) is -0.370. The minimum absolute atomic E-state index is 0.0684. The first-order valence-corrected chi connectivity index (χ1v) is 16.1. The van der Waals surface area contributed by atoms with Gasteiger partial charge in [-0.2, -0.15) is 0 Å². The third-order valence-electron chi connectivity index (χ3n) is 6.63. The Morgan fingerprint density at radius 2 is 1.40 bits per heavy atom. The molecule has 0 fully saturated rings. The van der Waals surface area contributed by atoms with Gasteiger partial charge >= 0.3 is 18.2 Å². The normalized spacial score (nSPS) is 12.4. The van der Waals surface area contributed by atoms with Gasteiger partial charge in [-0.1, -0.05) is 74.5 Å². The molecule has 0 saturated carbocycles. The number of alkyl carbamates (subject to hydrolysis) is 2. The van der Waals surface area contributed by atoms with E-state index < -0.39 is 47.7 Å². The van der Waals surface area contributed by atoms with Crippen molar-refractivity contribution in [3.63, 3.8) is 0 Å². The number of carbonyl (C=O) groups excluding carboxylic acids is 5. The van der Waals surface area contributed by atoms with E-state index in [1.165, 1.54) is 12.1 Å². The van der Waals surface area contributed by atoms with Crippen LogP contribution in [-0.4, -0.2) is 72.8 Å². The number of carbonyl (C=O) groups is 5. The number of nitrogens with zero attached hydrogens (tertiary/aromatic N) is 1. The Balaban J connectivity index is 1.97. The molecule has 0 bridgehead atoms. The predicted molar refractivity (Wildman–Crippen MR) is 180 cm³/mol. The van der Waals surface area contributed by atoms with Crippen molar-refractivity contribution < 1.29 is 38.2 Å². The highest BCUT2D eigenvalue weighted by atomic mass is 16.6. The maximum Gasteiger partial charge on any atom is 0.408 e. The molecule has 2 rings (SSSR count). The predicted octanol–water partition coefficient (Wildman–Crippen LogP) is 4.21. The lowest BCUT2D eigenvalue weighted by Crippen LogP contribution is -2.52. The maximum absolute atomic E-state index is 13.4. The lowest BCUT2D eigenvalue weighted by Gasteiger charge is -2.26. The summed E-state index contributed by atoms with van der Waals surface area (Å²) in [7, 11) is 1.53. The summed E-state index contributed by atoms with van der Waals surface area (Å²) in [5.74, 6) is -1.38. The van der Waals surface area contributed by atoms with Gasteiger partial charge in [0, 0.05) is 26.1 Å². The summed E-state index contributed by atoms with van der Waals surface area (Å²) in [6.45, 7) is 9.30. The average Bonchev–Trinajstić information content (AvgIpc) is 3.00. The third kappa shape index (κ3) is 17.9. The Bertz CT molecular complexity index is 1300. The van der Waals surface area contributed by atoms with Crippen LogP contribution in [0.1, 0.15) is 71.4 Å². The van der Waals surface area contributed by atoms with E-state index >= 15 is 0 Å². The van der Waals surface area contributed by atoms with Gasteiger partial charge in [0.2, 0.25) is 11.8 Å². The molecule has 0 radical (unpaired) electrons. The van der Waals surface area contributed by atoms with Crippen LogP contribution in [0.2, 0.25) is 0 Å². The Labute approximate surface area is 283 Å². The fraction of sp³-hybridized carbons (Fsp3) is 0.514. The van der Waals surface area contributed by atoms with E-state index in [4.69, 9.17) is 14.2 Å². The van der Waals surface area contributed by atoms with Crippen LogP contribution in [0.4, 0.5) is 9.59 Å². The number of hydrazine groups is 1. The molecule has 0 aromatic heterocycles. The maximum atomic E-state index is 13.4. The van der Waals surface area contributed by atoms with Gasteiger partial charge < -0.3 is 30.2 Å². The largest absolute Gasteiger partial charge is 0.460 e. The van der Waals surface area contributed by atoms with Crippen molar-refractivity contribution in [2.45, 2.75) is 91.2 Å². The molecule has 13 heteroatoms. The fourth-order valence-corrected chi connectivity index (χ4v) is 4.49. The molecule has 0 aliphatic carbocycles. The highest BCUT2D eigenvalue weighted by Crippen LogP contribution is 2.11. The number of likely N-dealkylation sites (N-methyl/N-ethyl adjacent to an activating group) is 1. The van der Waals surface area contributed by atoms with E-state index in [0.29, 0.717) is 19.3 Å². The van der Waals surface area contributed by atoms with Gasteiger partial charge in [0.1, 0.15) is 31.4 Å². The molecular formula is C35H51N5O8. The molecule has 4 amide bonds. The standard InChI is InChI=1S/C35H51N5O8/c1-25(2)20-29(38-34(45)48-35(3,4)5)32(43)37-28(18-13-19-36-33(44)47-24-27-16-11-8-12-17-27)21-30(41)39-40(6)22-31(42)46-23-26-14-9-7-10-15-26/h7-12,14-17,25,28-29H,13,18-24H2,1-6H3,(H,36,44)(H,37,43)(H,38,45)(H,39,41)/t28-,29-/m0/s1. The molecule has 4 N–H and O–H groups in total. The minimum atomic E-state index is -0.904.